The van der Waals surface area contributed by atoms with Crippen molar-refractivity contribution in [2.24, 2.45) is 0 Å². The summed E-state index contributed by atoms with van der Waals surface area (Å²) in [6.07, 6.45) is 0.430. The van der Waals surface area contributed by atoms with E-state index < -0.39 is 5.67 Å². The van der Waals surface area contributed by atoms with E-state index in [1.54, 1.807) is 18.2 Å². The predicted molar refractivity (Wildman–Crippen MR) is 66.8 cm³/mol. The van der Waals surface area contributed by atoms with Crippen LogP contribution in [-0.4, -0.2) is 31.5 Å². The van der Waals surface area contributed by atoms with E-state index >= 15 is 0 Å². The first kappa shape index (κ1) is 13.4. The molecule has 2 unspecified atom stereocenters. The van der Waals surface area contributed by atoms with E-state index in [0.29, 0.717) is 25.2 Å². The van der Waals surface area contributed by atoms with Crippen LogP contribution < -0.4 is 5.32 Å². The standard InChI is InChI=1S/C14H19F2NO/c1-14(16,9-12-10-18-7-6-17-12)8-11-4-2-3-5-13(11)15/h2-5,12,17H,6-10H2,1H3. The third-order valence-electron chi connectivity index (χ3n) is 3.19. The number of nitrogens with one attached hydrogen (secondary N) is 1. The topological polar surface area (TPSA) is 21.3 Å². The lowest BCUT2D eigenvalue weighted by molar-refractivity contribution is 0.0481. The highest BCUT2D eigenvalue weighted by Gasteiger charge is 2.30. The maximum atomic E-state index is 14.5. The normalized spacial score (nSPS) is 23.6. The van der Waals surface area contributed by atoms with Crippen molar-refractivity contribution < 1.29 is 13.5 Å². The molecule has 1 N–H and O–H groups in total. The molecule has 1 saturated heterocycles. The van der Waals surface area contributed by atoms with Gasteiger partial charge in [-0.3, -0.25) is 0 Å². The molecular weight excluding hydrogens is 236 g/mol. The van der Waals surface area contributed by atoms with Gasteiger partial charge >= 0.3 is 0 Å². The molecule has 0 aliphatic carbocycles. The number of ether oxygens (including phenoxy) is 1. The van der Waals surface area contributed by atoms with Gasteiger partial charge in [0, 0.05) is 19.0 Å². The Morgan fingerprint density at radius 2 is 2.22 bits per heavy atom. The zero-order valence-corrected chi connectivity index (χ0v) is 10.6. The first-order chi connectivity index (χ1) is 8.57. The van der Waals surface area contributed by atoms with Gasteiger partial charge in [-0.15, -0.1) is 0 Å². The molecule has 0 saturated carbocycles. The Morgan fingerprint density at radius 1 is 1.44 bits per heavy atom. The molecule has 0 spiro atoms. The lowest BCUT2D eigenvalue weighted by atomic mass is 9.91. The molecule has 2 atom stereocenters. The highest BCUT2D eigenvalue weighted by Crippen LogP contribution is 2.25. The van der Waals surface area contributed by atoms with E-state index in [-0.39, 0.29) is 18.3 Å². The van der Waals surface area contributed by atoms with Crippen LogP contribution in [0, 0.1) is 5.82 Å². The fraction of sp³-hybridized carbons (Fsp3) is 0.571. The Labute approximate surface area is 106 Å². The van der Waals surface area contributed by atoms with Crippen molar-refractivity contribution in [2.45, 2.75) is 31.5 Å². The van der Waals surface area contributed by atoms with Gasteiger partial charge in [0.05, 0.1) is 13.2 Å². The largest absolute Gasteiger partial charge is 0.379 e. The van der Waals surface area contributed by atoms with Crippen LogP contribution >= 0.6 is 0 Å². The molecule has 1 fully saturated rings. The summed E-state index contributed by atoms with van der Waals surface area (Å²) in [5, 5.41) is 3.22. The summed E-state index contributed by atoms with van der Waals surface area (Å²) in [5.74, 6) is -0.339. The molecule has 2 rings (SSSR count). The van der Waals surface area contributed by atoms with Crippen LogP contribution in [0.4, 0.5) is 8.78 Å². The number of benzene rings is 1. The molecule has 4 heteroatoms. The first-order valence-electron chi connectivity index (χ1n) is 6.30. The Hall–Kier alpha value is -1.00. The molecule has 0 radical (unpaired) electrons. The van der Waals surface area contributed by atoms with E-state index in [1.165, 1.54) is 13.0 Å². The minimum absolute atomic E-state index is 0.0144. The average Bonchev–Trinajstić information content (AvgIpc) is 2.32. The zero-order chi connectivity index (χ0) is 13.0. The van der Waals surface area contributed by atoms with Gasteiger partial charge in [-0.2, -0.15) is 0 Å². The molecular formula is C14H19F2NO. The maximum absolute atomic E-state index is 14.5. The molecule has 0 bridgehead atoms. The Kier molecular flexibility index (Phi) is 4.30. The second-order valence-electron chi connectivity index (χ2n) is 5.11. The molecule has 1 heterocycles. The monoisotopic (exact) mass is 255 g/mol. The number of halogens is 2. The summed E-state index contributed by atoms with van der Waals surface area (Å²) in [5.41, 5.74) is -1.00. The lowest BCUT2D eigenvalue weighted by Crippen LogP contribution is -2.45. The van der Waals surface area contributed by atoms with E-state index in [2.05, 4.69) is 5.32 Å². The maximum Gasteiger partial charge on any atom is 0.126 e. The van der Waals surface area contributed by atoms with E-state index in [4.69, 9.17) is 4.74 Å². The molecule has 1 aromatic carbocycles. The number of hydrogen-bond donors (Lipinski definition) is 1. The van der Waals surface area contributed by atoms with Crippen LogP contribution in [0.25, 0.3) is 0 Å². The number of rotatable bonds is 4. The van der Waals surface area contributed by atoms with Crippen LogP contribution in [0.2, 0.25) is 0 Å². The van der Waals surface area contributed by atoms with Crippen molar-refractivity contribution in [3.05, 3.63) is 35.6 Å². The molecule has 1 aliphatic heterocycles. The van der Waals surface area contributed by atoms with Crippen molar-refractivity contribution >= 4 is 0 Å². The SMILES string of the molecule is CC(F)(Cc1ccccc1F)CC1COCCN1. The van der Waals surface area contributed by atoms with Gasteiger partial charge in [0.15, 0.2) is 0 Å². The zero-order valence-electron chi connectivity index (χ0n) is 10.6. The molecule has 18 heavy (non-hydrogen) atoms. The Balaban J connectivity index is 1.96. The molecule has 0 amide bonds. The van der Waals surface area contributed by atoms with Crippen molar-refractivity contribution in [3.63, 3.8) is 0 Å². The van der Waals surface area contributed by atoms with Crippen LogP contribution in [0.3, 0.4) is 0 Å². The minimum atomic E-state index is -1.43. The minimum Gasteiger partial charge on any atom is -0.379 e. The highest BCUT2D eigenvalue weighted by molar-refractivity contribution is 5.19. The Bertz CT molecular complexity index is 389. The van der Waals surface area contributed by atoms with Crippen molar-refractivity contribution in [2.75, 3.05) is 19.8 Å². The number of hydrogen-bond acceptors (Lipinski definition) is 2. The summed E-state index contributed by atoms with van der Waals surface area (Å²) in [7, 11) is 0. The van der Waals surface area contributed by atoms with Gasteiger partial charge in [0.25, 0.3) is 0 Å². The van der Waals surface area contributed by atoms with Crippen molar-refractivity contribution in [3.8, 4) is 0 Å². The molecule has 100 valence electrons. The fourth-order valence-electron chi connectivity index (χ4n) is 2.38. The van der Waals surface area contributed by atoms with Crippen molar-refractivity contribution in [1.29, 1.82) is 0 Å². The number of morpholine rings is 1. The van der Waals surface area contributed by atoms with E-state index in [1.807, 2.05) is 0 Å². The third kappa shape index (κ3) is 3.75. The number of alkyl halides is 1. The molecule has 1 aliphatic rings. The summed E-state index contributed by atoms with van der Waals surface area (Å²) >= 11 is 0. The van der Waals surface area contributed by atoms with Crippen molar-refractivity contribution in [1.82, 2.24) is 5.32 Å². The van der Waals surface area contributed by atoms with Crippen LogP contribution in [0.1, 0.15) is 18.9 Å². The summed E-state index contributed by atoms with van der Waals surface area (Å²) < 4.78 is 33.3. The van der Waals surface area contributed by atoms with E-state index in [9.17, 15) is 8.78 Å². The average molecular weight is 255 g/mol. The second kappa shape index (κ2) is 5.76. The quantitative estimate of drug-likeness (QED) is 0.892. The predicted octanol–water partition coefficient (Wildman–Crippen LogP) is 2.47. The molecule has 0 aromatic heterocycles. The third-order valence-corrected chi connectivity index (χ3v) is 3.19. The van der Waals surface area contributed by atoms with Gasteiger partial charge in [0.2, 0.25) is 0 Å². The summed E-state index contributed by atoms with van der Waals surface area (Å²) in [6.45, 7) is 3.47. The van der Waals surface area contributed by atoms with Gasteiger partial charge in [-0.1, -0.05) is 18.2 Å². The Morgan fingerprint density at radius 3 is 2.89 bits per heavy atom. The fourth-order valence-corrected chi connectivity index (χ4v) is 2.38. The highest BCUT2D eigenvalue weighted by atomic mass is 19.1. The van der Waals surface area contributed by atoms with Gasteiger partial charge in [-0.25, -0.2) is 8.78 Å². The summed E-state index contributed by atoms with van der Waals surface area (Å²) in [6, 6.07) is 6.37. The van der Waals surface area contributed by atoms with Gasteiger partial charge in [-0.05, 0) is 25.0 Å². The van der Waals surface area contributed by atoms with Gasteiger partial charge in [0.1, 0.15) is 11.5 Å². The van der Waals surface area contributed by atoms with E-state index in [0.717, 1.165) is 6.54 Å². The van der Waals surface area contributed by atoms with Crippen LogP contribution in [0.15, 0.2) is 24.3 Å². The lowest BCUT2D eigenvalue weighted by Gasteiger charge is -2.30. The second-order valence-corrected chi connectivity index (χ2v) is 5.11. The molecule has 1 aromatic rings. The van der Waals surface area contributed by atoms with Crippen LogP contribution in [-0.2, 0) is 11.2 Å². The summed E-state index contributed by atoms with van der Waals surface area (Å²) in [4.78, 5) is 0. The smallest absolute Gasteiger partial charge is 0.126 e. The molecule has 2 nitrogen and oxygen atoms in total. The first-order valence-corrected chi connectivity index (χ1v) is 6.30. The van der Waals surface area contributed by atoms with Crippen LogP contribution in [0.5, 0.6) is 0 Å². The van der Waals surface area contributed by atoms with Gasteiger partial charge < -0.3 is 10.1 Å².